The van der Waals surface area contributed by atoms with Crippen molar-refractivity contribution in [2.45, 2.75) is 25.4 Å². The summed E-state index contributed by atoms with van der Waals surface area (Å²) in [5.74, 6) is 0.570. The maximum absolute atomic E-state index is 12.3. The van der Waals surface area contributed by atoms with Crippen molar-refractivity contribution < 1.29 is 9.90 Å². The van der Waals surface area contributed by atoms with E-state index in [-0.39, 0.29) is 18.4 Å². The van der Waals surface area contributed by atoms with E-state index in [4.69, 9.17) is 0 Å². The number of hydrogen-bond acceptors (Lipinski definition) is 3. The number of nitrogens with zero attached hydrogens (tertiary/aromatic N) is 2. The van der Waals surface area contributed by atoms with E-state index in [2.05, 4.69) is 22.4 Å². The Labute approximate surface area is 130 Å². The van der Waals surface area contributed by atoms with Crippen molar-refractivity contribution in [3.8, 4) is 0 Å². The summed E-state index contributed by atoms with van der Waals surface area (Å²) in [7, 11) is 1.82. The SMILES string of the molecule is Cn1ccnc1[C@H](O)CNC(=O)[C@@H]1CCc2ccccc2C1. The molecular formula is C17H21N3O2. The number of imidazole rings is 1. The Morgan fingerprint density at radius 3 is 2.95 bits per heavy atom. The van der Waals surface area contributed by atoms with E-state index in [1.165, 1.54) is 11.1 Å². The van der Waals surface area contributed by atoms with Crippen molar-refractivity contribution >= 4 is 5.91 Å². The molecule has 2 aromatic rings. The van der Waals surface area contributed by atoms with E-state index in [9.17, 15) is 9.90 Å². The van der Waals surface area contributed by atoms with Gasteiger partial charge in [0, 0.05) is 25.4 Å². The third kappa shape index (κ3) is 3.04. The van der Waals surface area contributed by atoms with Crippen molar-refractivity contribution in [2.24, 2.45) is 13.0 Å². The van der Waals surface area contributed by atoms with Crippen LogP contribution in [0.2, 0.25) is 0 Å². The molecule has 0 unspecified atom stereocenters. The molecule has 5 heteroatoms. The van der Waals surface area contributed by atoms with E-state index < -0.39 is 6.10 Å². The lowest BCUT2D eigenvalue weighted by Crippen LogP contribution is -2.36. The van der Waals surface area contributed by atoms with Gasteiger partial charge in [0.1, 0.15) is 11.9 Å². The molecule has 22 heavy (non-hydrogen) atoms. The molecule has 2 atom stereocenters. The molecule has 0 radical (unpaired) electrons. The van der Waals surface area contributed by atoms with Gasteiger partial charge in [-0.1, -0.05) is 24.3 Å². The smallest absolute Gasteiger partial charge is 0.223 e. The maximum Gasteiger partial charge on any atom is 0.223 e. The fraction of sp³-hybridized carbons (Fsp3) is 0.412. The average Bonchev–Trinajstić information content (AvgIpc) is 2.98. The zero-order chi connectivity index (χ0) is 15.5. The Bertz CT molecular complexity index is 665. The number of aromatic nitrogens is 2. The van der Waals surface area contributed by atoms with Gasteiger partial charge in [0.15, 0.2) is 0 Å². The van der Waals surface area contributed by atoms with Crippen LogP contribution in [-0.2, 0) is 24.7 Å². The number of nitrogens with one attached hydrogen (secondary N) is 1. The Balaban J connectivity index is 1.56. The number of aliphatic hydroxyl groups is 1. The summed E-state index contributed by atoms with van der Waals surface area (Å²) in [6.07, 6.45) is 5.22. The van der Waals surface area contributed by atoms with Gasteiger partial charge < -0.3 is 15.0 Å². The summed E-state index contributed by atoms with van der Waals surface area (Å²) in [6, 6.07) is 8.29. The number of carbonyl (C=O) groups is 1. The van der Waals surface area contributed by atoms with E-state index in [1.807, 2.05) is 19.2 Å². The topological polar surface area (TPSA) is 67.2 Å². The molecule has 1 aliphatic carbocycles. The maximum atomic E-state index is 12.3. The molecule has 0 bridgehead atoms. The van der Waals surface area contributed by atoms with Crippen LogP contribution in [0.3, 0.4) is 0 Å². The second kappa shape index (κ2) is 6.32. The number of amides is 1. The van der Waals surface area contributed by atoms with E-state index in [1.54, 1.807) is 17.0 Å². The lowest BCUT2D eigenvalue weighted by Gasteiger charge is -2.24. The van der Waals surface area contributed by atoms with Crippen LogP contribution >= 0.6 is 0 Å². The number of benzene rings is 1. The Kier molecular flexibility index (Phi) is 4.24. The third-order valence-corrected chi connectivity index (χ3v) is 4.34. The molecule has 1 aromatic heterocycles. The number of aryl methyl sites for hydroxylation is 2. The number of hydrogen-bond donors (Lipinski definition) is 2. The lowest BCUT2D eigenvalue weighted by atomic mass is 9.83. The van der Waals surface area contributed by atoms with E-state index >= 15 is 0 Å². The first-order chi connectivity index (χ1) is 10.6. The van der Waals surface area contributed by atoms with Crippen molar-refractivity contribution in [3.05, 3.63) is 53.6 Å². The molecule has 0 saturated carbocycles. The molecule has 1 heterocycles. The van der Waals surface area contributed by atoms with Gasteiger partial charge in [-0.15, -0.1) is 0 Å². The van der Waals surface area contributed by atoms with Crippen molar-refractivity contribution in [3.63, 3.8) is 0 Å². The fourth-order valence-corrected chi connectivity index (χ4v) is 3.05. The van der Waals surface area contributed by atoms with Gasteiger partial charge in [-0.25, -0.2) is 4.98 Å². The van der Waals surface area contributed by atoms with Gasteiger partial charge in [0.05, 0.1) is 6.54 Å². The van der Waals surface area contributed by atoms with Gasteiger partial charge in [-0.05, 0) is 30.4 Å². The molecule has 0 spiro atoms. The van der Waals surface area contributed by atoms with Crippen LogP contribution in [0.5, 0.6) is 0 Å². The van der Waals surface area contributed by atoms with E-state index in [0.717, 1.165) is 19.3 Å². The van der Waals surface area contributed by atoms with E-state index in [0.29, 0.717) is 5.82 Å². The zero-order valence-corrected chi connectivity index (χ0v) is 12.7. The summed E-state index contributed by atoms with van der Waals surface area (Å²) in [4.78, 5) is 16.4. The Morgan fingerprint density at radius 2 is 2.23 bits per heavy atom. The molecule has 5 nitrogen and oxygen atoms in total. The third-order valence-electron chi connectivity index (χ3n) is 4.34. The Morgan fingerprint density at radius 1 is 1.45 bits per heavy atom. The van der Waals surface area contributed by atoms with Crippen molar-refractivity contribution in [2.75, 3.05) is 6.54 Å². The minimum Gasteiger partial charge on any atom is -0.383 e. The molecule has 0 aliphatic heterocycles. The first-order valence-electron chi connectivity index (χ1n) is 7.65. The average molecular weight is 299 g/mol. The normalized spacial score (nSPS) is 18.5. The van der Waals surface area contributed by atoms with Crippen LogP contribution in [0.15, 0.2) is 36.7 Å². The molecule has 1 amide bonds. The number of fused-ring (bicyclic) bond motifs is 1. The molecule has 1 aromatic carbocycles. The number of rotatable bonds is 4. The number of aliphatic hydroxyl groups excluding tert-OH is 1. The molecular weight excluding hydrogens is 278 g/mol. The highest BCUT2D eigenvalue weighted by atomic mass is 16.3. The van der Waals surface area contributed by atoms with Gasteiger partial charge in [-0.2, -0.15) is 0 Å². The van der Waals surface area contributed by atoms with Crippen molar-refractivity contribution in [1.82, 2.24) is 14.9 Å². The van der Waals surface area contributed by atoms with Gasteiger partial charge >= 0.3 is 0 Å². The van der Waals surface area contributed by atoms with Gasteiger partial charge in [-0.3, -0.25) is 4.79 Å². The lowest BCUT2D eigenvalue weighted by molar-refractivity contribution is -0.125. The standard InChI is InChI=1S/C17H21N3O2/c1-20-9-8-18-16(20)15(21)11-19-17(22)14-7-6-12-4-2-3-5-13(12)10-14/h2-5,8-9,14-15,21H,6-7,10-11H2,1H3,(H,19,22)/t14-,15-/m1/s1. The minimum atomic E-state index is -0.778. The molecule has 0 fully saturated rings. The summed E-state index contributed by atoms with van der Waals surface area (Å²) in [5, 5.41) is 13.0. The highest BCUT2D eigenvalue weighted by Crippen LogP contribution is 2.25. The van der Waals surface area contributed by atoms with Gasteiger partial charge in [0.25, 0.3) is 0 Å². The van der Waals surface area contributed by atoms with Crippen LogP contribution in [0.25, 0.3) is 0 Å². The molecule has 3 rings (SSSR count). The van der Waals surface area contributed by atoms with Crippen LogP contribution < -0.4 is 5.32 Å². The Hall–Kier alpha value is -2.14. The highest BCUT2D eigenvalue weighted by Gasteiger charge is 2.25. The molecule has 0 saturated heterocycles. The summed E-state index contributed by atoms with van der Waals surface area (Å²) < 4.78 is 1.76. The molecule has 1 aliphatic rings. The number of carbonyl (C=O) groups excluding carboxylic acids is 1. The predicted octanol–water partition coefficient (Wildman–Crippen LogP) is 1.37. The largest absolute Gasteiger partial charge is 0.383 e. The van der Waals surface area contributed by atoms with Gasteiger partial charge in [0.2, 0.25) is 5.91 Å². The second-order valence-electron chi connectivity index (χ2n) is 5.87. The second-order valence-corrected chi connectivity index (χ2v) is 5.87. The zero-order valence-electron chi connectivity index (χ0n) is 12.7. The minimum absolute atomic E-state index is 0.0107. The summed E-state index contributed by atoms with van der Waals surface area (Å²) in [5.41, 5.74) is 2.61. The van der Waals surface area contributed by atoms with Crippen LogP contribution in [0.4, 0.5) is 0 Å². The molecule has 2 N–H and O–H groups in total. The summed E-state index contributed by atoms with van der Waals surface area (Å²) in [6.45, 7) is 0.196. The van der Waals surface area contributed by atoms with Crippen LogP contribution in [0, 0.1) is 5.92 Å². The summed E-state index contributed by atoms with van der Waals surface area (Å²) >= 11 is 0. The monoisotopic (exact) mass is 299 g/mol. The highest BCUT2D eigenvalue weighted by molar-refractivity contribution is 5.79. The quantitative estimate of drug-likeness (QED) is 0.896. The first-order valence-corrected chi connectivity index (χ1v) is 7.65. The predicted molar refractivity (Wildman–Crippen MR) is 83.1 cm³/mol. The fourth-order valence-electron chi connectivity index (χ4n) is 3.05. The molecule has 116 valence electrons. The van der Waals surface area contributed by atoms with Crippen LogP contribution in [-0.4, -0.2) is 27.1 Å². The van der Waals surface area contributed by atoms with Crippen LogP contribution in [0.1, 0.15) is 29.5 Å². The first kappa shape index (κ1) is 14.8. The van der Waals surface area contributed by atoms with Crippen molar-refractivity contribution in [1.29, 1.82) is 0 Å².